The van der Waals surface area contributed by atoms with E-state index in [4.69, 9.17) is 61.6 Å². The Labute approximate surface area is 648 Å². The molecule has 12 rings (SSSR count). The molecule has 7 aliphatic rings. The van der Waals surface area contributed by atoms with Gasteiger partial charge in [0.25, 0.3) is 0 Å². The Morgan fingerprint density at radius 1 is 0.862 bits per heavy atom. The molecule has 27 heteroatoms. The predicted octanol–water partition coefficient (Wildman–Crippen LogP) is 11.0. The van der Waals surface area contributed by atoms with Crippen molar-refractivity contribution < 1.29 is 73.0 Å². The third-order valence-electron chi connectivity index (χ3n) is 22.2. The molecule has 8 N–H and O–H groups in total. The van der Waals surface area contributed by atoms with Crippen molar-refractivity contribution >= 4 is 74.1 Å². The molecule has 0 spiro atoms. The summed E-state index contributed by atoms with van der Waals surface area (Å²) in [6.07, 6.45) is -4.90. The van der Waals surface area contributed by atoms with Gasteiger partial charge in [-0.3, -0.25) is 14.6 Å². The average Bonchev–Trinajstić information content (AvgIpc) is 1.74. The molecule has 24 nitrogen and oxygen atoms in total. The standard InChI is InChI=1S/C38H72N2O12.C27H22Cl2N4.C17H18FN3O3/c1-15-27-38(10,46)31(42)24(6)40(13)19-20(2)17-36(8,45)33(52-35-29(41)26(39(11)12)16-21(3)48-35)22(4)30(23(5)34(44)50-27)51-28-18-37(9,47-14)32(43)25(7)49-28;1-17(2)30-24-16-27-25(15-23(24)31-20-11-7-18(28)8-12-20)32-22-5-3-4-6-26(22)33(27)21-13-9-19(29)10-14-21;18-13-7-11-14(8-15(13)20-5-3-19-4-6-20)21(10-1-2-10)9-12(16(11)22)17(23)24/h20-33,35,41-43,45-46H,15-19H2,1-14H3;3-17,31H,1-2H3;7-10,19H,1-6H2,(H,23,24)/t20-,21-,22+,23-,24-,25+,26+,27-,28+,29-,30+,31-,32+,33-,35+,36-,37-,38-;;/m1../s1. The second kappa shape index (κ2) is 35.5. The number of fused-ring (bicyclic) bond motifs is 3. The van der Waals surface area contributed by atoms with Crippen molar-refractivity contribution in [2.75, 3.05) is 71.2 Å². The molecule has 5 aromatic rings. The van der Waals surface area contributed by atoms with Crippen molar-refractivity contribution in [1.82, 2.24) is 29.2 Å². The number of aliphatic hydroxyl groups is 5. The predicted molar refractivity (Wildman–Crippen MR) is 421 cm³/mol. The minimum absolute atomic E-state index is 0.130. The minimum atomic E-state index is -1.80. The van der Waals surface area contributed by atoms with Gasteiger partial charge < -0.3 is 93.5 Å². The maximum absolute atomic E-state index is 14.6. The summed E-state index contributed by atoms with van der Waals surface area (Å²) < 4.78 is 56.2. The van der Waals surface area contributed by atoms with Crippen LogP contribution in [0.2, 0.25) is 10.0 Å². The van der Waals surface area contributed by atoms with E-state index in [-0.39, 0.29) is 60.4 Å². The van der Waals surface area contributed by atoms with Crippen molar-refractivity contribution in [3.63, 3.8) is 0 Å². The molecular weight excluding hydrogens is 1440 g/mol. The molecule has 1 aromatic heterocycles. The summed E-state index contributed by atoms with van der Waals surface area (Å²) in [5.74, 6) is -4.34. The van der Waals surface area contributed by atoms with Crippen molar-refractivity contribution in [3.8, 4) is 17.1 Å². The van der Waals surface area contributed by atoms with Gasteiger partial charge in [-0.2, -0.15) is 0 Å². The molecule has 0 unspecified atom stereocenters. The van der Waals surface area contributed by atoms with E-state index < -0.39 is 113 Å². The second-order valence-electron chi connectivity index (χ2n) is 31.7. The van der Waals surface area contributed by atoms with Crippen molar-refractivity contribution in [1.29, 1.82) is 0 Å². The van der Waals surface area contributed by atoms with Crippen molar-refractivity contribution in [2.45, 2.75) is 224 Å². The zero-order valence-electron chi connectivity index (χ0n) is 65.5. The first-order valence-electron chi connectivity index (χ1n) is 38.0. The van der Waals surface area contributed by atoms with Crippen LogP contribution < -0.4 is 26.3 Å². The number of nitrogens with one attached hydrogen (secondary N) is 2. The first-order valence-corrected chi connectivity index (χ1v) is 38.8. The SMILES string of the molecule is CC(C)N=c1cc2n(-c3ccc(Cl)cc3)c3ccccc3nc-2cc1Nc1ccc(Cl)cc1.CC[C@H]1OC(=O)[C@H](C)[C@@H](O[C@H]2C[C@@](C)(OC)[C@@H](O)[C@H](C)O2)[C@H](C)[C@@H](O[C@@H]2O[C@H](C)C[C@H](N(C)C)[C@H]2O)[C@](C)(O)C[C@@H](C)CN(C)[C@H](C)[C@@H](O)[C@]1(C)O.O=C(O)c1cn(C2CC2)c2cc(N3CCNCC3)c(F)cc2c1=O. The number of anilines is 3. The van der Waals surface area contributed by atoms with Crippen molar-refractivity contribution in [3.05, 3.63) is 140 Å². The summed E-state index contributed by atoms with van der Waals surface area (Å²) in [7, 11) is 7.12. The van der Waals surface area contributed by atoms with E-state index in [0.717, 1.165) is 70.8 Å². The monoisotopic (exact) mass is 1550 g/mol. The van der Waals surface area contributed by atoms with Crippen LogP contribution >= 0.6 is 23.2 Å². The number of carbonyl (C=O) groups is 2. The number of ether oxygens (including phenoxy) is 6. The Bertz CT molecular complexity index is 4370. The Morgan fingerprint density at radius 2 is 1.51 bits per heavy atom. The topological polar surface area (TPSA) is 297 Å². The lowest BCUT2D eigenvalue weighted by molar-refractivity contribution is -0.318. The van der Waals surface area contributed by atoms with Gasteiger partial charge in [0.1, 0.15) is 41.4 Å². The van der Waals surface area contributed by atoms with E-state index in [1.54, 1.807) is 47.6 Å². The van der Waals surface area contributed by atoms with Gasteiger partial charge in [-0.05, 0) is 206 Å². The molecule has 4 saturated heterocycles. The van der Waals surface area contributed by atoms with Crippen LogP contribution in [0.15, 0.2) is 113 Å². The number of benzene rings is 5. The minimum Gasteiger partial charge on any atom is -0.477 e. The van der Waals surface area contributed by atoms with E-state index >= 15 is 0 Å². The number of hydrogen-bond donors (Lipinski definition) is 8. The van der Waals surface area contributed by atoms with Crippen LogP contribution in [0.25, 0.3) is 39.0 Å². The van der Waals surface area contributed by atoms with Crippen LogP contribution in [-0.4, -0.2) is 224 Å². The fourth-order valence-electron chi connectivity index (χ4n) is 15.9. The Hall–Kier alpha value is -6.76. The molecular formula is C82H112Cl2FN9O15. The molecule has 109 heavy (non-hydrogen) atoms. The number of aromatic nitrogens is 3. The number of esters is 1. The molecule has 596 valence electrons. The number of cyclic esters (lactones) is 1. The number of aromatic carboxylic acids is 1. The van der Waals surface area contributed by atoms with E-state index in [2.05, 4.69) is 47.2 Å². The quantitative estimate of drug-likeness (QED) is 0.0371. The Morgan fingerprint density at radius 3 is 2.13 bits per heavy atom. The summed E-state index contributed by atoms with van der Waals surface area (Å²) >= 11 is 12.2. The lowest BCUT2D eigenvalue weighted by Crippen LogP contribution is -2.60. The summed E-state index contributed by atoms with van der Waals surface area (Å²) in [6, 6.07) is 30.2. The van der Waals surface area contributed by atoms with E-state index in [9.17, 15) is 49.4 Å². The molecule has 5 fully saturated rings. The van der Waals surface area contributed by atoms with Crippen LogP contribution in [0, 0.1) is 23.6 Å². The first-order chi connectivity index (χ1) is 51.4. The molecule has 0 bridgehead atoms. The number of carboxylic acids is 1. The van der Waals surface area contributed by atoms with Crippen molar-refractivity contribution in [2.24, 2.45) is 22.7 Å². The first kappa shape index (κ1) is 84.7. The lowest BCUT2D eigenvalue weighted by atomic mass is 9.77. The van der Waals surface area contributed by atoms with Crippen LogP contribution in [-0.2, 0) is 33.2 Å². The van der Waals surface area contributed by atoms with Crippen LogP contribution in [0.1, 0.15) is 138 Å². The number of nitrogens with zero attached hydrogens (tertiary/aromatic N) is 7. The number of carboxylic acid groups (broad SMARTS) is 1. The largest absolute Gasteiger partial charge is 0.477 e. The lowest BCUT2D eigenvalue weighted by Gasteiger charge is -2.48. The number of rotatable bonds is 14. The van der Waals surface area contributed by atoms with Gasteiger partial charge in [0.15, 0.2) is 12.6 Å². The summed E-state index contributed by atoms with van der Waals surface area (Å²) in [5, 5.41) is 76.5. The zero-order valence-corrected chi connectivity index (χ0v) is 67.0. The van der Waals surface area contributed by atoms with Gasteiger partial charge in [-0.25, -0.2) is 14.2 Å². The fraction of sp³-hybridized carbons (Fsp3) is 0.573. The number of aliphatic hydroxyl groups excluding tert-OH is 3. The molecule has 5 aliphatic heterocycles. The maximum Gasteiger partial charge on any atom is 0.341 e. The molecule has 1 saturated carbocycles. The zero-order chi connectivity index (χ0) is 79.5. The fourth-order valence-corrected chi connectivity index (χ4v) is 16.2. The number of para-hydroxylation sites is 2. The molecule has 18 atom stereocenters. The number of pyridine rings is 1. The smallest absolute Gasteiger partial charge is 0.341 e. The van der Waals surface area contributed by atoms with Gasteiger partial charge in [0.2, 0.25) is 5.43 Å². The number of piperazine rings is 1. The number of methoxy groups -OCH3 is 1. The molecule has 0 amide bonds. The normalized spacial score (nSPS) is 31.3. The number of halogens is 3. The number of carbonyl (C=O) groups excluding carboxylic acids is 1. The molecule has 4 aromatic carbocycles. The highest BCUT2D eigenvalue weighted by Gasteiger charge is 2.53. The highest BCUT2D eigenvalue weighted by atomic mass is 35.5. The summed E-state index contributed by atoms with van der Waals surface area (Å²) in [6.45, 7) is 25.1. The maximum atomic E-state index is 14.6. The second-order valence-corrected chi connectivity index (χ2v) is 32.5. The van der Waals surface area contributed by atoms with Gasteiger partial charge in [0.05, 0.1) is 86.2 Å². The molecule has 6 heterocycles. The van der Waals surface area contributed by atoms with E-state index in [1.165, 1.54) is 26.3 Å². The molecule has 0 radical (unpaired) electrons. The van der Waals surface area contributed by atoms with E-state index in [0.29, 0.717) is 47.3 Å². The van der Waals surface area contributed by atoms with Crippen LogP contribution in [0.3, 0.4) is 0 Å². The van der Waals surface area contributed by atoms with Gasteiger partial charge in [-0.1, -0.05) is 56.1 Å². The average molecular weight is 1550 g/mol. The highest BCUT2D eigenvalue weighted by Crippen LogP contribution is 2.43. The van der Waals surface area contributed by atoms with Gasteiger partial charge in [0, 0.05) is 109 Å². The third-order valence-corrected chi connectivity index (χ3v) is 22.7. The third kappa shape index (κ3) is 19.5. The van der Waals surface area contributed by atoms with Crippen LogP contribution in [0.4, 0.5) is 21.5 Å². The number of likely N-dealkylation sites (N-methyl/N-ethyl adjacent to an activating group) is 2. The number of hydrogen-bond acceptors (Lipinski definition) is 21. The highest BCUT2D eigenvalue weighted by molar-refractivity contribution is 6.31. The Balaban J connectivity index is 0.000000188. The van der Waals surface area contributed by atoms with Crippen LogP contribution in [0.5, 0.6) is 0 Å². The Kier molecular flexibility index (Phi) is 27.6. The van der Waals surface area contributed by atoms with Gasteiger partial charge in [-0.15, -0.1) is 0 Å². The van der Waals surface area contributed by atoms with Gasteiger partial charge >= 0.3 is 11.9 Å². The summed E-state index contributed by atoms with van der Waals surface area (Å²) in [5.41, 5.74) is 2.38. The molecule has 2 aliphatic carbocycles. The van der Waals surface area contributed by atoms with E-state index in [1.807, 2.05) is 128 Å². The summed E-state index contributed by atoms with van der Waals surface area (Å²) in [4.78, 5) is 53.6.